The van der Waals surface area contributed by atoms with Gasteiger partial charge in [0, 0.05) is 35.5 Å². The lowest BCUT2D eigenvalue weighted by Gasteiger charge is -2.27. The van der Waals surface area contributed by atoms with Gasteiger partial charge in [-0.15, -0.1) is 0 Å². The van der Waals surface area contributed by atoms with Crippen molar-refractivity contribution < 1.29 is 14.6 Å². The molecule has 0 aliphatic heterocycles. The molecule has 2 aromatic rings. The van der Waals surface area contributed by atoms with Gasteiger partial charge in [-0.3, -0.25) is 4.99 Å². The summed E-state index contributed by atoms with van der Waals surface area (Å²) in [5, 5.41) is 10.9. The first-order valence-electron chi connectivity index (χ1n) is 9.11. The molecule has 0 aliphatic carbocycles. The van der Waals surface area contributed by atoms with Crippen LogP contribution >= 0.6 is 0 Å². The molecule has 146 valence electrons. The van der Waals surface area contributed by atoms with E-state index in [9.17, 15) is 5.11 Å². The number of phenols is 1. The number of aromatic hydroxyl groups is 1. The van der Waals surface area contributed by atoms with Gasteiger partial charge >= 0.3 is 0 Å². The van der Waals surface area contributed by atoms with E-state index >= 15 is 0 Å². The first-order chi connectivity index (χ1) is 12.5. The van der Waals surface area contributed by atoms with Gasteiger partial charge in [0.15, 0.2) is 0 Å². The summed E-state index contributed by atoms with van der Waals surface area (Å²) < 4.78 is 10.6. The zero-order valence-corrected chi connectivity index (χ0v) is 17.7. The Balaban J connectivity index is 2.57. The summed E-state index contributed by atoms with van der Waals surface area (Å²) in [5.41, 5.74) is 3.27. The van der Waals surface area contributed by atoms with E-state index in [0.29, 0.717) is 22.7 Å². The normalized spacial score (nSPS) is 12.4. The number of methoxy groups -OCH3 is 2. The summed E-state index contributed by atoms with van der Waals surface area (Å²) in [4.78, 5) is 4.56. The van der Waals surface area contributed by atoms with Crippen LogP contribution in [0.3, 0.4) is 0 Å². The number of hydrogen-bond donors (Lipinski definition) is 1. The molecule has 0 saturated heterocycles. The minimum Gasteiger partial charge on any atom is -0.507 e. The Bertz CT molecular complexity index is 818. The highest BCUT2D eigenvalue weighted by molar-refractivity contribution is 5.87. The average Bonchev–Trinajstić information content (AvgIpc) is 2.58. The Morgan fingerprint density at radius 3 is 1.81 bits per heavy atom. The molecule has 27 heavy (non-hydrogen) atoms. The smallest absolute Gasteiger partial charge is 0.128 e. The summed E-state index contributed by atoms with van der Waals surface area (Å²) in [6.07, 6.45) is 1.70. The van der Waals surface area contributed by atoms with Gasteiger partial charge in [-0.2, -0.15) is 0 Å². The molecule has 2 rings (SSSR count). The second-order valence-corrected chi connectivity index (χ2v) is 8.79. The minimum absolute atomic E-state index is 0.0323. The van der Waals surface area contributed by atoms with Gasteiger partial charge < -0.3 is 14.6 Å². The van der Waals surface area contributed by atoms with Crippen LogP contribution in [0, 0.1) is 0 Å². The molecule has 0 amide bonds. The maximum atomic E-state index is 10.9. The van der Waals surface area contributed by atoms with E-state index in [1.165, 1.54) is 0 Å². The van der Waals surface area contributed by atoms with Gasteiger partial charge in [-0.1, -0.05) is 47.6 Å². The zero-order chi connectivity index (χ0) is 20.4. The minimum atomic E-state index is -0.173. The molecule has 1 N–H and O–H groups in total. The quantitative estimate of drug-likeness (QED) is 0.698. The fraction of sp³-hybridized carbons (Fsp3) is 0.435. The van der Waals surface area contributed by atoms with Crippen molar-refractivity contribution in [2.45, 2.75) is 52.4 Å². The van der Waals surface area contributed by atoms with E-state index in [-0.39, 0.29) is 16.6 Å². The molecule has 0 radical (unpaired) electrons. The van der Waals surface area contributed by atoms with Crippen LogP contribution in [0.5, 0.6) is 17.2 Å². The number of hydrogen-bond acceptors (Lipinski definition) is 4. The van der Waals surface area contributed by atoms with Crippen LogP contribution in [0.1, 0.15) is 58.2 Å². The summed E-state index contributed by atoms with van der Waals surface area (Å²) in [6.45, 7) is 12.8. The molecule has 2 aromatic carbocycles. The van der Waals surface area contributed by atoms with Crippen LogP contribution in [0.25, 0.3) is 0 Å². The van der Waals surface area contributed by atoms with E-state index in [1.807, 2.05) is 18.2 Å². The third-order valence-electron chi connectivity index (χ3n) is 4.50. The number of phenolic OH excluding ortho intramolecular Hbond substituents is 1. The van der Waals surface area contributed by atoms with Crippen molar-refractivity contribution in [1.29, 1.82) is 0 Å². The first-order valence-corrected chi connectivity index (χ1v) is 9.11. The lowest BCUT2D eigenvalue weighted by molar-refractivity contribution is 0.394. The zero-order valence-electron chi connectivity index (χ0n) is 17.7. The highest BCUT2D eigenvalue weighted by atomic mass is 16.5. The SMILES string of the molecule is COc1cc(N=Cc2cc(C(C)(C)C)cc(C(C)(C)C)c2O)cc(OC)c1. The van der Waals surface area contributed by atoms with Crippen molar-refractivity contribution in [2.75, 3.05) is 14.2 Å². The molecular formula is C23H31NO3. The van der Waals surface area contributed by atoms with Crippen LogP contribution in [-0.2, 0) is 10.8 Å². The molecule has 0 saturated carbocycles. The average molecular weight is 370 g/mol. The first kappa shape index (κ1) is 20.8. The largest absolute Gasteiger partial charge is 0.507 e. The van der Waals surface area contributed by atoms with Crippen molar-refractivity contribution >= 4 is 11.9 Å². The third-order valence-corrected chi connectivity index (χ3v) is 4.50. The lowest BCUT2D eigenvalue weighted by atomic mass is 9.79. The second kappa shape index (κ2) is 7.63. The maximum Gasteiger partial charge on any atom is 0.128 e. The number of benzene rings is 2. The Morgan fingerprint density at radius 1 is 0.815 bits per heavy atom. The predicted molar refractivity (Wildman–Crippen MR) is 112 cm³/mol. The van der Waals surface area contributed by atoms with Crippen molar-refractivity contribution in [3.05, 3.63) is 47.0 Å². The van der Waals surface area contributed by atoms with Crippen LogP contribution in [-0.4, -0.2) is 25.5 Å². The van der Waals surface area contributed by atoms with E-state index in [4.69, 9.17) is 9.47 Å². The molecule has 0 fully saturated rings. The Hall–Kier alpha value is -2.49. The Morgan fingerprint density at radius 2 is 1.37 bits per heavy atom. The van der Waals surface area contributed by atoms with Crippen molar-refractivity contribution in [3.63, 3.8) is 0 Å². The van der Waals surface area contributed by atoms with Crippen LogP contribution in [0.15, 0.2) is 35.3 Å². The van der Waals surface area contributed by atoms with Crippen LogP contribution in [0.4, 0.5) is 5.69 Å². The van der Waals surface area contributed by atoms with Gasteiger partial charge in [0.05, 0.1) is 19.9 Å². The van der Waals surface area contributed by atoms with E-state index in [1.54, 1.807) is 26.5 Å². The lowest BCUT2D eigenvalue weighted by Crippen LogP contribution is -2.17. The van der Waals surface area contributed by atoms with Crippen molar-refractivity contribution in [2.24, 2.45) is 4.99 Å². The summed E-state index contributed by atoms with van der Waals surface area (Å²) in [7, 11) is 3.22. The highest BCUT2D eigenvalue weighted by Crippen LogP contribution is 2.37. The highest BCUT2D eigenvalue weighted by Gasteiger charge is 2.24. The third kappa shape index (κ3) is 5.03. The summed E-state index contributed by atoms with van der Waals surface area (Å²) >= 11 is 0. The Labute approximate surface area is 162 Å². The van der Waals surface area contributed by atoms with Crippen molar-refractivity contribution in [1.82, 2.24) is 0 Å². The van der Waals surface area contributed by atoms with E-state index in [2.05, 4.69) is 52.6 Å². The summed E-state index contributed by atoms with van der Waals surface area (Å²) in [5.74, 6) is 1.61. The molecule has 4 nitrogen and oxygen atoms in total. The van der Waals surface area contributed by atoms with Gasteiger partial charge in [0.2, 0.25) is 0 Å². The predicted octanol–water partition coefficient (Wildman–Crippen LogP) is 5.76. The number of nitrogens with zero attached hydrogens (tertiary/aromatic N) is 1. The molecule has 4 heteroatoms. The Kier molecular flexibility index (Phi) is 5.88. The molecular weight excluding hydrogens is 338 g/mol. The fourth-order valence-corrected chi connectivity index (χ4v) is 2.77. The fourth-order valence-electron chi connectivity index (χ4n) is 2.77. The van der Waals surface area contributed by atoms with Gasteiger partial charge in [0.1, 0.15) is 17.2 Å². The number of ether oxygens (including phenoxy) is 2. The van der Waals surface area contributed by atoms with Gasteiger partial charge in [-0.05, 0) is 22.5 Å². The number of rotatable bonds is 4. The maximum absolute atomic E-state index is 10.9. The molecule has 0 heterocycles. The van der Waals surface area contributed by atoms with Crippen molar-refractivity contribution in [3.8, 4) is 17.2 Å². The standard InChI is InChI=1S/C23H31NO3/c1-22(2,3)16-9-15(21(25)20(10-16)23(4,5)6)14-24-17-11-18(26-7)13-19(12-17)27-8/h9-14,25H,1-8H3. The molecule has 0 atom stereocenters. The molecule has 0 aromatic heterocycles. The number of aliphatic imine (C=N–C) groups is 1. The topological polar surface area (TPSA) is 51.0 Å². The second-order valence-electron chi connectivity index (χ2n) is 8.79. The molecule has 0 spiro atoms. The molecule has 0 bridgehead atoms. The van der Waals surface area contributed by atoms with Crippen LogP contribution in [0.2, 0.25) is 0 Å². The molecule has 0 aliphatic rings. The van der Waals surface area contributed by atoms with E-state index < -0.39 is 0 Å². The summed E-state index contributed by atoms with van der Waals surface area (Å²) in [6, 6.07) is 9.56. The van der Waals surface area contributed by atoms with Gasteiger partial charge in [-0.25, -0.2) is 0 Å². The monoisotopic (exact) mass is 369 g/mol. The van der Waals surface area contributed by atoms with Gasteiger partial charge in [0.25, 0.3) is 0 Å². The van der Waals surface area contributed by atoms with Crippen LogP contribution < -0.4 is 9.47 Å². The van der Waals surface area contributed by atoms with E-state index in [0.717, 1.165) is 11.1 Å². The molecule has 0 unspecified atom stereocenters.